The molecule has 2 aromatic carbocycles. The number of aromatic nitrogens is 1. The first-order valence-corrected chi connectivity index (χ1v) is 11.3. The zero-order valence-electron chi connectivity index (χ0n) is 16.8. The Labute approximate surface area is 177 Å². The summed E-state index contributed by atoms with van der Waals surface area (Å²) in [4.78, 5) is 16.9. The van der Waals surface area contributed by atoms with Crippen molar-refractivity contribution in [1.82, 2.24) is 10.3 Å². The zero-order chi connectivity index (χ0) is 21.6. The number of sulfone groups is 1. The van der Waals surface area contributed by atoms with E-state index < -0.39 is 9.84 Å². The Morgan fingerprint density at radius 3 is 2.50 bits per heavy atom. The maximum atomic E-state index is 12.4. The molecule has 3 aromatic rings. The molecule has 30 heavy (non-hydrogen) atoms. The lowest BCUT2D eigenvalue weighted by atomic mass is 10.1. The Kier molecular flexibility index (Phi) is 6.65. The molecule has 1 N–H and O–H groups in total. The fourth-order valence-corrected chi connectivity index (χ4v) is 3.47. The van der Waals surface area contributed by atoms with Crippen molar-refractivity contribution in [3.05, 3.63) is 94.8 Å². The number of nitrogens with one attached hydrogen (secondary N) is 1. The summed E-state index contributed by atoms with van der Waals surface area (Å²) in [5.74, 6) is 5.85. The highest BCUT2D eigenvalue weighted by Gasteiger charge is 2.08. The second kappa shape index (κ2) is 9.38. The van der Waals surface area contributed by atoms with Gasteiger partial charge in [0.1, 0.15) is 5.69 Å². The second-order valence-electron chi connectivity index (χ2n) is 7.00. The number of carbonyl (C=O) groups is 1. The Hall–Kier alpha value is -3.43. The van der Waals surface area contributed by atoms with Crippen LogP contribution in [-0.2, 0) is 22.8 Å². The van der Waals surface area contributed by atoms with Crippen molar-refractivity contribution < 1.29 is 13.2 Å². The molecule has 0 bridgehead atoms. The number of aryl methyl sites for hydroxylation is 1. The van der Waals surface area contributed by atoms with Gasteiger partial charge in [0.2, 0.25) is 0 Å². The fourth-order valence-electron chi connectivity index (χ4n) is 2.84. The molecule has 1 aromatic heterocycles. The summed E-state index contributed by atoms with van der Waals surface area (Å²) in [5.41, 5.74) is 4.14. The lowest BCUT2D eigenvalue weighted by molar-refractivity contribution is 0.0950. The summed E-state index contributed by atoms with van der Waals surface area (Å²) >= 11 is 0. The molecule has 0 unspecified atom stereocenters. The van der Waals surface area contributed by atoms with E-state index in [4.69, 9.17) is 0 Å². The number of benzene rings is 2. The minimum atomic E-state index is -3.23. The highest BCUT2D eigenvalue weighted by atomic mass is 32.2. The van der Waals surface area contributed by atoms with Gasteiger partial charge in [-0.3, -0.25) is 4.79 Å². The molecule has 0 radical (unpaired) electrons. The summed E-state index contributed by atoms with van der Waals surface area (Å²) in [6.07, 6.45) is 3.34. The molecular formula is C24H22N2O3S. The number of carbonyl (C=O) groups excluding carboxylic acids is 1. The molecule has 0 aliphatic rings. The lowest BCUT2D eigenvalue weighted by Crippen LogP contribution is -2.23. The van der Waals surface area contributed by atoms with Crippen molar-refractivity contribution in [3.8, 4) is 11.8 Å². The van der Waals surface area contributed by atoms with E-state index in [1.54, 1.807) is 30.5 Å². The lowest BCUT2D eigenvalue weighted by Gasteiger charge is -2.06. The van der Waals surface area contributed by atoms with Crippen LogP contribution in [0, 0.1) is 18.8 Å². The van der Waals surface area contributed by atoms with Crippen molar-refractivity contribution >= 4 is 15.7 Å². The van der Waals surface area contributed by atoms with Crippen LogP contribution in [0.1, 0.15) is 32.7 Å². The molecule has 5 nitrogen and oxygen atoms in total. The third kappa shape index (κ3) is 6.03. The number of pyridine rings is 1. The molecule has 152 valence electrons. The van der Waals surface area contributed by atoms with Gasteiger partial charge in [0, 0.05) is 31.0 Å². The van der Waals surface area contributed by atoms with E-state index in [0.29, 0.717) is 24.2 Å². The number of nitrogens with zero attached hydrogens (tertiary/aromatic N) is 1. The Bertz CT molecular complexity index is 1220. The first-order chi connectivity index (χ1) is 14.3. The number of rotatable bonds is 5. The van der Waals surface area contributed by atoms with Crippen LogP contribution in [0.4, 0.5) is 0 Å². The SMILES string of the molecule is Cc1cccc(CC#Cc2cc(C(=O)NCc3ccc(S(C)(=O)=O)cc3)ccn2)c1. The van der Waals surface area contributed by atoms with E-state index >= 15 is 0 Å². The molecule has 0 saturated heterocycles. The summed E-state index contributed by atoms with van der Waals surface area (Å²) in [6.45, 7) is 2.33. The normalized spacial score (nSPS) is 10.7. The van der Waals surface area contributed by atoms with Gasteiger partial charge in [0.15, 0.2) is 9.84 Å². The third-order valence-electron chi connectivity index (χ3n) is 4.42. The molecule has 0 aliphatic heterocycles. The molecule has 1 heterocycles. The van der Waals surface area contributed by atoms with Gasteiger partial charge in [-0.25, -0.2) is 13.4 Å². The molecular weight excluding hydrogens is 396 g/mol. The highest BCUT2D eigenvalue weighted by molar-refractivity contribution is 7.90. The standard InChI is InChI=1S/C24H22N2O3S/c1-18-5-3-6-19(15-18)7-4-8-22-16-21(13-14-25-22)24(27)26-17-20-9-11-23(12-10-20)30(2,28)29/h3,5-6,9-16H,7,17H2,1-2H3,(H,26,27). The van der Waals surface area contributed by atoms with Crippen LogP contribution in [0.25, 0.3) is 0 Å². The van der Waals surface area contributed by atoms with Gasteiger partial charge < -0.3 is 5.32 Å². The van der Waals surface area contributed by atoms with E-state index in [1.165, 1.54) is 17.7 Å². The van der Waals surface area contributed by atoms with Crippen LogP contribution in [0.15, 0.2) is 71.8 Å². The average Bonchev–Trinajstić information content (AvgIpc) is 2.72. The first kappa shape index (κ1) is 21.3. The Morgan fingerprint density at radius 2 is 1.80 bits per heavy atom. The van der Waals surface area contributed by atoms with Gasteiger partial charge in [0.05, 0.1) is 4.90 Å². The Morgan fingerprint density at radius 1 is 1.03 bits per heavy atom. The van der Waals surface area contributed by atoms with E-state index in [-0.39, 0.29) is 10.8 Å². The van der Waals surface area contributed by atoms with E-state index in [0.717, 1.165) is 17.4 Å². The number of amides is 1. The Balaban J connectivity index is 1.61. The summed E-state index contributed by atoms with van der Waals surface area (Å²) in [6, 6.07) is 17.9. The average molecular weight is 419 g/mol. The van der Waals surface area contributed by atoms with Crippen LogP contribution >= 0.6 is 0 Å². The third-order valence-corrected chi connectivity index (χ3v) is 5.55. The zero-order valence-corrected chi connectivity index (χ0v) is 17.7. The van der Waals surface area contributed by atoms with Crippen molar-refractivity contribution in [1.29, 1.82) is 0 Å². The maximum Gasteiger partial charge on any atom is 0.251 e. The minimum Gasteiger partial charge on any atom is -0.348 e. The maximum absolute atomic E-state index is 12.4. The molecule has 0 fully saturated rings. The summed E-state index contributed by atoms with van der Waals surface area (Å²) in [5, 5.41) is 2.82. The molecule has 6 heteroatoms. The highest BCUT2D eigenvalue weighted by Crippen LogP contribution is 2.10. The number of hydrogen-bond acceptors (Lipinski definition) is 4. The second-order valence-corrected chi connectivity index (χ2v) is 9.01. The number of hydrogen-bond donors (Lipinski definition) is 1. The predicted octanol–water partition coefficient (Wildman–Crippen LogP) is 3.32. The van der Waals surface area contributed by atoms with E-state index in [1.807, 2.05) is 25.1 Å². The van der Waals surface area contributed by atoms with Gasteiger partial charge in [-0.05, 0) is 48.2 Å². The van der Waals surface area contributed by atoms with Crippen LogP contribution in [0.3, 0.4) is 0 Å². The predicted molar refractivity (Wildman–Crippen MR) is 117 cm³/mol. The summed E-state index contributed by atoms with van der Waals surface area (Å²) < 4.78 is 23.0. The largest absolute Gasteiger partial charge is 0.348 e. The molecule has 0 aliphatic carbocycles. The monoisotopic (exact) mass is 418 g/mol. The van der Waals surface area contributed by atoms with Gasteiger partial charge in [0.25, 0.3) is 5.91 Å². The van der Waals surface area contributed by atoms with Crippen molar-refractivity contribution in [3.63, 3.8) is 0 Å². The molecule has 1 amide bonds. The molecule has 0 atom stereocenters. The van der Waals surface area contributed by atoms with E-state index in [2.05, 4.69) is 28.2 Å². The van der Waals surface area contributed by atoms with Crippen LogP contribution < -0.4 is 5.32 Å². The first-order valence-electron chi connectivity index (χ1n) is 9.39. The fraction of sp³-hybridized carbons (Fsp3) is 0.167. The van der Waals surface area contributed by atoms with Crippen LogP contribution in [-0.4, -0.2) is 25.6 Å². The van der Waals surface area contributed by atoms with Crippen molar-refractivity contribution in [2.24, 2.45) is 0 Å². The van der Waals surface area contributed by atoms with Crippen LogP contribution in [0.5, 0.6) is 0 Å². The van der Waals surface area contributed by atoms with Crippen LogP contribution in [0.2, 0.25) is 0 Å². The summed E-state index contributed by atoms with van der Waals surface area (Å²) in [7, 11) is -3.23. The van der Waals surface area contributed by atoms with Gasteiger partial charge in [-0.2, -0.15) is 0 Å². The van der Waals surface area contributed by atoms with Gasteiger partial charge in [-0.1, -0.05) is 47.9 Å². The molecule has 0 spiro atoms. The van der Waals surface area contributed by atoms with E-state index in [9.17, 15) is 13.2 Å². The smallest absolute Gasteiger partial charge is 0.251 e. The van der Waals surface area contributed by atoms with Crippen molar-refractivity contribution in [2.75, 3.05) is 6.26 Å². The van der Waals surface area contributed by atoms with Crippen molar-refractivity contribution in [2.45, 2.75) is 24.8 Å². The topological polar surface area (TPSA) is 76.1 Å². The van der Waals surface area contributed by atoms with Gasteiger partial charge in [-0.15, -0.1) is 0 Å². The van der Waals surface area contributed by atoms with Gasteiger partial charge >= 0.3 is 0 Å². The quantitative estimate of drug-likeness (QED) is 0.645. The molecule has 0 saturated carbocycles. The molecule has 3 rings (SSSR count). The minimum absolute atomic E-state index is 0.244.